The van der Waals surface area contributed by atoms with E-state index in [4.69, 9.17) is 15.2 Å². The van der Waals surface area contributed by atoms with E-state index in [1.54, 1.807) is 19.2 Å². The lowest BCUT2D eigenvalue weighted by molar-refractivity contribution is -0.126. The van der Waals surface area contributed by atoms with Crippen molar-refractivity contribution in [1.82, 2.24) is 0 Å². The smallest absolute Gasteiger partial charge is 0.231 e. The Hall–Kier alpha value is -1.59. The van der Waals surface area contributed by atoms with Crippen molar-refractivity contribution in [2.24, 2.45) is 11.1 Å². The van der Waals surface area contributed by atoms with Gasteiger partial charge < -0.3 is 20.5 Å². The summed E-state index contributed by atoms with van der Waals surface area (Å²) in [6, 6.07) is 7.23. The van der Waals surface area contributed by atoms with E-state index < -0.39 is 11.0 Å². The van der Waals surface area contributed by atoms with Crippen molar-refractivity contribution in [2.75, 3.05) is 25.6 Å². The van der Waals surface area contributed by atoms with Crippen molar-refractivity contribution in [3.8, 4) is 5.75 Å². The second-order valence-corrected chi connectivity index (χ2v) is 6.17. The van der Waals surface area contributed by atoms with E-state index in [1.807, 2.05) is 39.8 Å². The van der Waals surface area contributed by atoms with E-state index in [9.17, 15) is 4.79 Å². The van der Waals surface area contributed by atoms with Crippen LogP contribution in [0, 0.1) is 5.41 Å². The number of hydrogen-bond donors (Lipinski definition) is 2. The third-order valence-electron chi connectivity index (χ3n) is 3.85. The van der Waals surface area contributed by atoms with Gasteiger partial charge in [-0.15, -0.1) is 0 Å². The van der Waals surface area contributed by atoms with Crippen molar-refractivity contribution < 1.29 is 14.3 Å². The highest BCUT2D eigenvalue weighted by molar-refractivity contribution is 5.95. The molecule has 0 heterocycles. The van der Waals surface area contributed by atoms with Crippen LogP contribution in [0.5, 0.6) is 5.75 Å². The number of rotatable bonds is 7. The Morgan fingerprint density at radius 1 is 1.14 bits per heavy atom. The standard InChI is InChI=1S/C16H26N2O3/c1-15(2,16(3,4)17)14(19)18-12-6-8-13(9-7-12)21-11-10-20-5/h6-9H,10-11,17H2,1-5H3,(H,18,19). The van der Waals surface area contributed by atoms with Gasteiger partial charge in [0, 0.05) is 18.3 Å². The largest absolute Gasteiger partial charge is 0.491 e. The summed E-state index contributed by atoms with van der Waals surface area (Å²) in [4.78, 5) is 12.3. The number of nitrogens with two attached hydrogens (primary N) is 1. The molecule has 0 unspecified atom stereocenters. The van der Waals surface area contributed by atoms with Crippen molar-refractivity contribution in [3.05, 3.63) is 24.3 Å². The van der Waals surface area contributed by atoms with E-state index in [0.29, 0.717) is 13.2 Å². The molecule has 0 aromatic heterocycles. The van der Waals surface area contributed by atoms with E-state index in [-0.39, 0.29) is 5.91 Å². The van der Waals surface area contributed by atoms with Gasteiger partial charge in [0.1, 0.15) is 12.4 Å². The van der Waals surface area contributed by atoms with Crippen LogP contribution in [0.25, 0.3) is 0 Å². The Balaban J connectivity index is 2.65. The summed E-state index contributed by atoms with van der Waals surface area (Å²) in [7, 11) is 1.63. The van der Waals surface area contributed by atoms with Crippen LogP contribution in [0.3, 0.4) is 0 Å². The molecule has 0 aliphatic heterocycles. The molecule has 1 amide bonds. The normalized spacial score (nSPS) is 12.1. The SMILES string of the molecule is COCCOc1ccc(NC(=O)C(C)(C)C(C)(C)N)cc1. The zero-order valence-corrected chi connectivity index (χ0v) is 13.5. The molecule has 1 aromatic rings. The first-order valence-electron chi connectivity index (χ1n) is 7.00. The Labute approximate surface area is 126 Å². The van der Waals surface area contributed by atoms with Crippen molar-refractivity contribution in [1.29, 1.82) is 0 Å². The first kappa shape index (κ1) is 17.5. The molecular weight excluding hydrogens is 268 g/mol. The van der Waals surface area contributed by atoms with Gasteiger partial charge in [-0.05, 0) is 52.0 Å². The van der Waals surface area contributed by atoms with Gasteiger partial charge in [-0.25, -0.2) is 0 Å². The van der Waals surface area contributed by atoms with E-state index in [1.165, 1.54) is 0 Å². The number of hydrogen-bond acceptors (Lipinski definition) is 4. The zero-order valence-electron chi connectivity index (χ0n) is 13.5. The van der Waals surface area contributed by atoms with Crippen LogP contribution in [0.4, 0.5) is 5.69 Å². The van der Waals surface area contributed by atoms with Crippen molar-refractivity contribution in [2.45, 2.75) is 33.2 Å². The Morgan fingerprint density at radius 2 is 1.71 bits per heavy atom. The molecule has 1 aromatic carbocycles. The third kappa shape index (κ3) is 4.72. The molecule has 5 heteroatoms. The highest BCUT2D eigenvalue weighted by Gasteiger charge is 2.40. The summed E-state index contributed by atoms with van der Waals surface area (Å²) in [5.74, 6) is 0.631. The van der Waals surface area contributed by atoms with Crippen LogP contribution in [-0.4, -0.2) is 31.8 Å². The van der Waals surface area contributed by atoms with Crippen LogP contribution < -0.4 is 15.8 Å². The maximum atomic E-state index is 12.3. The fourth-order valence-electron chi connectivity index (χ4n) is 1.46. The number of carbonyl (C=O) groups excluding carboxylic acids is 1. The Bertz CT molecular complexity index is 461. The van der Waals surface area contributed by atoms with Crippen LogP contribution in [0.15, 0.2) is 24.3 Å². The van der Waals surface area contributed by atoms with Gasteiger partial charge in [0.2, 0.25) is 5.91 Å². The number of benzene rings is 1. The quantitative estimate of drug-likeness (QED) is 0.757. The maximum Gasteiger partial charge on any atom is 0.231 e. The monoisotopic (exact) mass is 294 g/mol. The lowest BCUT2D eigenvalue weighted by atomic mass is 9.74. The van der Waals surface area contributed by atoms with E-state index in [2.05, 4.69) is 5.32 Å². The summed E-state index contributed by atoms with van der Waals surface area (Å²) in [6.07, 6.45) is 0. The molecule has 1 rings (SSSR count). The Morgan fingerprint density at radius 3 is 2.19 bits per heavy atom. The molecule has 5 nitrogen and oxygen atoms in total. The molecule has 0 aliphatic rings. The predicted octanol–water partition coefficient (Wildman–Crippen LogP) is 2.41. The highest BCUT2D eigenvalue weighted by Crippen LogP contribution is 2.30. The van der Waals surface area contributed by atoms with Gasteiger partial charge in [-0.3, -0.25) is 4.79 Å². The molecule has 0 fully saturated rings. The average Bonchev–Trinajstić information content (AvgIpc) is 2.39. The van der Waals surface area contributed by atoms with Gasteiger partial charge in [-0.1, -0.05) is 0 Å². The Kier molecular flexibility index (Phi) is 5.75. The van der Waals surface area contributed by atoms with Crippen LogP contribution in [-0.2, 0) is 9.53 Å². The first-order valence-corrected chi connectivity index (χ1v) is 7.00. The maximum absolute atomic E-state index is 12.3. The molecule has 0 bridgehead atoms. The summed E-state index contributed by atoms with van der Waals surface area (Å²) < 4.78 is 10.4. The minimum atomic E-state index is -0.680. The fraction of sp³-hybridized carbons (Fsp3) is 0.562. The molecule has 0 saturated heterocycles. The number of nitrogens with one attached hydrogen (secondary N) is 1. The predicted molar refractivity (Wildman–Crippen MR) is 84.5 cm³/mol. The van der Waals surface area contributed by atoms with Gasteiger partial charge >= 0.3 is 0 Å². The van der Waals surface area contributed by atoms with E-state index in [0.717, 1.165) is 11.4 Å². The molecule has 0 radical (unpaired) electrons. The fourth-order valence-corrected chi connectivity index (χ4v) is 1.46. The average molecular weight is 294 g/mol. The van der Waals surface area contributed by atoms with Gasteiger partial charge in [0.15, 0.2) is 0 Å². The number of carbonyl (C=O) groups is 1. The van der Waals surface area contributed by atoms with Crippen LogP contribution >= 0.6 is 0 Å². The minimum absolute atomic E-state index is 0.108. The number of anilines is 1. The van der Waals surface area contributed by atoms with Crippen LogP contribution in [0.1, 0.15) is 27.7 Å². The molecule has 118 valence electrons. The van der Waals surface area contributed by atoms with Crippen molar-refractivity contribution in [3.63, 3.8) is 0 Å². The molecule has 3 N–H and O–H groups in total. The lowest BCUT2D eigenvalue weighted by Gasteiger charge is -2.36. The first-order chi connectivity index (χ1) is 9.68. The number of ether oxygens (including phenoxy) is 2. The van der Waals surface area contributed by atoms with Gasteiger partial charge in [0.05, 0.1) is 12.0 Å². The molecule has 0 spiro atoms. The molecule has 0 aliphatic carbocycles. The summed E-state index contributed by atoms with van der Waals surface area (Å²) in [5.41, 5.74) is 5.50. The topological polar surface area (TPSA) is 73.6 Å². The number of amides is 1. The van der Waals surface area contributed by atoms with Crippen LogP contribution in [0.2, 0.25) is 0 Å². The second kappa shape index (κ2) is 6.91. The summed E-state index contributed by atoms with van der Waals surface area (Å²) in [6.45, 7) is 8.41. The third-order valence-corrected chi connectivity index (χ3v) is 3.85. The lowest BCUT2D eigenvalue weighted by Crippen LogP contribution is -2.53. The minimum Gasteiger partial charge on any atom is -0.491 e. The summed E-state index contributed by atoms with van der Waals surface area (Å²) in [5, 5.41) is 2.88. The van der Waals surface area contributed by atoms with E-state index >= 15 is 0 Å². The molecule has 0 atom stereocenters. The zero-order chi connectivity index (χ0) is 16.1. The molecular formula is C16H26N2O3. The molecule has 0 saturated carbocycles. The van der Waals surface area contributed by atoms with Crippen molar-refractivity contribution >= 4 is 11.6 Å². The van der Waals surface area contributed by atoms with Gasteiger partial charge in [0.25, 0.3) is 0 Å². The summed E-state index contributed by atoms with van der Waals surface area (Å²) >= 11 is 0. The number of methoxy groups -OCH3 is 1. The van der Waals surface area contributed by atoms with Gasteiger partial charge in [-0.2, -0.15) is 0 Å². The molecule has 21 heavy (non-hydrogen) atoms. The highest BCUT2D eigenvalue weighted by atomic mass is 16.5. The second-order valence-electron chi connectivity index (χ2n) is 6.17.